The number of carbonyl (C=O) groups excluding carboxylic acids is 2. The third-order valence-electron chi connectivity index (χ3n) is 3.05. The third-order valence-corrected chi connectivity index (χ3v) is 4.35. The van der Waals surface area contributed by atoms with E-state index < -0.39 is 0 Å². The minimum Gasteiger partial charge on any atom is -0.277 e. The van der Waals surface area contributed by atoms with Crippen LogP contribution in [0.3, 0.4) is 0 Å². The van der Waals surface area contributed by atoms with Crippen molar-refractivity contribution in [3.05, 3.63) is 52.9 Å². The molecule has 4 nitrogen and oxygen atoms in total. The molecule has 0 spiro atoms. The van der Waals surface area contributed by atoms with Gasteiger partial charge in [0.15, 0.2) is 4.32 Å². The number of carbonyl (C=O) groups is 2. The number of hydrogen-bond acceptors (Lipinski definition) is 4. The highest BCUT2D eigenvalue weighted by Crippen LogP contribution is 2.31. The molecule has 0 aliphatic carbocycles. The second kappa shape index (κ2) is 5.67. The number of fused-ring (bicyclic) bond motifs is 1. The molecule has 1 aliphatic heterocycles. The molecule has 21 heavy (non-hydrogen) atoms. The van der Waals surface area contributed by atoms with Crippen LogP contribution in [0.4, 0.5) is 0 Å². The Hall–Kier alpha value is -2.18. The molecule has 0 atom stereocenters. The van der Waals surface area contributed by atoms with Crippen LogP contribution in [0.5, 0.6) is 0 Å². The standard InChI is InChI=1S/C15H10N2O2S2/c18-9-16-17-14(19)13(21-15(17)20)8-10-5-6-11-3-1-2-4-12(11)7-10/h1-9H,(H,16,18)/b13-8-. The van der Waals surface area contributed by atoms with Crippen LogP contribution in [-0.4, -0.2) is 21.6 Å². The highest BCUT2D eigenvalue weighted by atomic mass is 32.2. The van der Waals surface area contributed by atoms with Gasteiger partial charge in [-0.1, -0.05) is 48.2 Å². The first-order valence-corrected chi connectivity index (χ1v) is 7.38. The van der Waals surface area contributed by atoms with E-state index in [0.29, 0.717) is 15.6 Å². The smallest absolute Gasteiger partial charge is 0.277 e. The average molecular weight is 314 g/mol. The van der Waals surface area contributed by atoms with Gasteiger partial charge in [-0.05, 0) is 40.7 Å². The van der Waals surface area contributed by atoms with E-state index in [-0.39, 0.29) is 5.91 Å². The molecule has 2 aromatic carbocycles. The Labute approximate surface area is 130 Å². The van der Waals surface area contributed by atoms with Crippen molar-refractivity contribution in [3.8, 4) is 0 Å². The molecular formula is C15H10N2O2S2. The second-order valence-electron chi connectivity index (χ2n) is 4.37. The Bertz CT molecular complexity index is 786. The summed E-state index contributed by atoms with van der Waals surface area (Å²) in [5, 5.41) is 3.32. The number of nitrogens with zero attached hydrogens (tertiary/aromatic N) is 1. The van der Waals surface area contributed by atoms with Gasteiger partial charge >= 0.3 is 0 Å². The molecule has 2 amide bonds. The SMILES string of the molecule is O=CNN1C(=O)/C(=C/c2ccc3ccccc3c2)SC1=S. The first kappa shape index (κ1) is 13.8. The van der Waals surface area contributed by atoms with Crippen LogP contribution in [0.1, 0.15) is 5.56 Å². The van der Waals surface area contributed by atoms with Crippen molar-refractivity contribution in [2.24, 2.45) is 0 Å². The van der Waals surface area contributed by atoms with Gasteiger partial charge in [-0.25, -0.2) is 0 Å². The summed E-state index contributed by atoms with van der Waals surface area (Å²) in [7, 11) is 0. The Morgan fingerprint density at radius 2 is 1.90 bits per heavy atom. The van der Waals surface area contributed by atoms with Crippen LogP contribution in [0.2, 0.25) is 0 Å². The molecule has 0 radical (unpaired) electrons. The molecule has 1 saturated heterocycles. The van der Waals surface area contributed by atoms with Crippen LogP contribution >= 0.6 is 24.0 Å². The molecule has 1 fully saturated rings. The number of rotatable bonds is 3. The van der Waals surface area contributed by atoms with Crippen molar-refractivity contribution in [1.29, 1.82) is 0 Å². The van der Waals surface area contributed by atoms with Crippen LogP contribution in [-0.2, 0) is 9.59 Å². The summed E-state index contributed by atoms with van der Waals surface area (Å²) in [5.74, 6) is -0.315. The number of thiocarbonyl (C=S) groups is 1. The number of amides is 2. The van der Waals surface area contributed by atoms with Crippen LogP contribution in [0, 0.1) is 0 Å². The lowest BCUT2D eigenvalue weighted by molar-refractivity contribution is -0.128. The molecule has 0 saturated carbocycles. The molecule has 1 aliphatic rings. The lowest BCUT2D eigenvalue weighted by Crippen LogP contribution is -2.40. The lowest BCUT2D eigenvalue weighted by Gasteiger charge is -2.10. The Kier molecular flexibility index (Phi) is 3.72. The largest absolute Gasteiger partial charge is 0.285 e. The number of thioether (sulfide) groups is 1. The van der Waals surface area contributed by atoms with E-state index in [4.69, 9.17) is 12.2 Å². The highest BCUT2D eigenvalue weighted by molar-refractivity contribution is 8.26. The summed E-state index contributed by atoms with van der Waals surface area (Å²) < 4.78 is 0.319. The first-order valence-electron chi connectivity index (χ1n) is 6.15. The Morgan fingerprint density at radius 1 is 1.14 bits per heavy atom. The molecule has 0 unspecified atom stereocenters. The molecule has 1 heterocycles. The van der Waals surface area contributed by atoms with E-state index in [0.717, 1.165) is 21.3 Å². The highest BCUT2D eigenvalue weighted by Gasteiger charge is 2.32. The second-order valence-corrected chi connectivity index (χ2v) is 6.05. The maximum Gasteiger partial charge on any atom is 0.285 e. The molecule has 2 aromatic rings. The fourth-order valence-corrected chi connectivity index (χ4v) is 3.27. The van der Waals surface area contributed by atoms with E-state index >= 15 is 0 Å². The monoisotopic (exact) mass is 314 g/mol. The molecule has 1 N–H and O–H groups in total. The van der Waals surface area contributed by atoms with Crippen LogP contribution in [0.15, 0.2) is 47.4 Å². The van der Waals surface area contributed by atoms with Crippen LogP contribution < -0.4 is 5.43 Å². The molecule has 6 heteroatoms. The van der Waals surface area contributed by atoms with Crippen molar-refractivity contribution in [3.63, 3.8) is 0 Å². The van der Waals surface area contributed by atoms with Gasteiger partial charge in [0, 0.05) is 0 Å². The average Bonchev–Trinajstić information content (AvgIpc) is 2.75. The summed E-state index contributed by atoms with van der Waals surface area (Å²) >= 11 is 6.23. The van der Waals surface area contributed by atoms with Crippen molar-refractivity contribution in [2.45, 2.75) is 0 Å². The summed E-state index contributed by atoms with van der Waals surface area (Å²) in [4.78, 5) is 23.1. The zero-order valence-corrected chi connectivity index (χ0v) is 12.4. The van der Waals surface area contributed by atoms with E-state index in [1.807, 2.05) is 42.5 Å². The number of nitrogens with one attached hydrogen (secondary N) is 1. The number of benzene rings is 2. The summed E-state index contributed by atoms with van der Waals surface area (Å²) in [6, 6.07) is 14.0. The van der Waals surface area contributed by atoms with Crippen molar-refractivity contribution in [1.82, 2.24) is 10.4 Å². The lowest BCUT2D eigenvalue weighted by atomic mass is 10.1. The van der Waals surface area contributed by atoms with Gasteiger partial charge in [0.05, 0.1) is 4.91 Å². The van der Waals surface area contributed by atoms with Crippen LogP contribution in [0.25, 0.3) is 16.8 Å². The van der Waals surface area contributed by atoms with Gasteiger partial charge in [-0.2, -0.15) is 5.01 Å². The topological polar surface area (TPSA) is 49.4 Å². The quantitative estimate of drug-likeness (QED) is 0.538. The van der Waals surface area contributed by atoms with Crippen molar-refractivity contribution in [2.75, 3.05) is 0 Å². The minimum absolute atomic E-state index is 0.315. The number of hydrogen-bond donors (Lipinski definition) is 1. The summed E-state index contributed by atoms with van der Waals surface area (Å²) in [6.07, 6.45) is 2.21. The Morgan fingerprint density at radius 3 is 2.67 bits per heavy atom. The van der Waals surface area contributed by atoms with E-state index in [1.54, 1.807) is 6.08 Å². The fourth-order valence-electron chi connectivity index (χ4n) is 2.08. The van der Waals surface area contributed by atoms with Crippen molar-refractivity contribution < 1.29 is 9.59 Å². The summed E-state index contributed by atoms with van der Waals surface area (Å²) in [5.41, 5.74) is 3.21. The molecule has 104 valence electrons. The first-order chi connectivity index (χ1) is 10.2. The number of hydrazine groups is 1. The molecule has 3 rings (SSSR count). The van der Waals surface area contributed by atoms with Gasteiger partial charge in [-0.15, -0.1) is 0 Å². The fraction of sp³-hybridized carbons (Fsp3) is 0. The van der Waals surface area contributed by atoms with Gasteiger partial charge in [0.1, 0.15) is 0 Å². The maximum absolute atomic E-state index is 12.1. The predicted octanol–water partition coefficient (Wildman–Crippen LogP) is 2.70. The van der Waals surface area contributed by atoms with E-state index in [9.17, 15) is 9.59 Å². The normalized spacial score (nSPS) is 16.8. The van der Waals surface area contributed by atoms with E-state index in [1.165, 1.54) is 11.8 Å². The van der Waals surface area contributed by atoms with Gasteiger partial charge in [0.2, 0.25) is 6.41 Å². The third kappa shape index (κ3) is 2.68. The minimum atomic E-state index is -0.315. The Balaban J connectivity index is 1.95. The van der Waals surface area contributed by atoms with Gasteiger partial charge < -0.3 is 0 Å². The molecule has 0 aromatic heterocycles. The van der Waals surface area contributed by atoms with Gasteiger partial charge in [-0.3, -0.25) is 15.0 Å². The molecule has 0 bridgehead atoms. The van der Waals surface area contributed by atoms with Gasteiger partial charge in [0.25, 0.3) is 5.91 Å². The van der Waals surface area contributed by atoms with Crippen molar-refractivity contribution >= 4 is 57.5 Å². The zero-order chi connectivity index (χ0) is 14.8. The predicted molar refractivity (Wildman–Crippen MR) is 88.2 cm³/mol. The van der Waals surface area contributed by atoms with E-state index in [2.05, 4.69) is 5.43 Å². The zero-order valence-electron chi connectivity index (χ0n) is 10.8. The summed E-state index contributed by atoms with van der Waals surface area (Å²) in [6.45, 7) is 0. The molecular weight excluding hydrogens is 304 g/mol. The maximum atomic E-state index is 12.1.